The van der Waals surface area contributed by atoms with Crippen LogP contribution in [0.25, 0.3) is 44.8 Å². The highest BCUT2D eigenvalue weighted by Gasteiger charge is 2.47. The van der Waals surface area contributed by atoms with Gasteiger partial charge in [0.05, 0.1) is 24.0 Å². The number of aromatic nitrogens is 5. The van der Waals surface area contributed by atoms with Crippen LogP contribution < -0.4 is 10.5 Å². The third-order valence-corrected chi connectivity index (χ3v) is 9.32. The number of amides is 1. The predicted molar refractivity (Wildman–Crippen MR) is 154 cm³/mol. The molecule has 1 aromatic carbocycles. The van der Waals surface area contributed by atoms with Crippen molar-refractivity contribution in [1.82, 2.24) is 29.0 Å². The van der Waals surface area contributed by atoms with Gasteiger partial charge in [-0.3, -0.25) is 4.79 Å². The summed E-state index contributed by atoms with van der Waals surface area (Å²) in [5.74, 6) is 2.55. The topological polar surface area (TPSA) is 107 Å². The van der Waals surface area contributed by atoms with Gasteiger partial charge in [0.25, 0.3) is 5.91 Å². The lowest BCUT2D eigenvalue weighted by molar-refractivity contribution is 0.0700. The zero-order valence-corrected chi connectivity index (χ0v) is 22.8. The van der Waals surface area contributed by atoms with Gasteiger partial charge in [0.15, 0.2) is 5.82 Å². The van der Waals surface area contributed by atoms with E-state index in [0.717, 1.165) is 70.8 Å². The Balaban J connectivity index is 1.25. The number of fused-ring (bicyclic) bond motifs is 4. The van der Waals surface area contributed by atoms with E-state index >= 15 is 0 Å². The molecule has 5 heterocycles. The Bertz CT molecular complexity index is 1780. The molecule has 2 unspecified atom stereocenters. The van der Waals surface area contributed by atoms with Gasteiger partial charge in [0.1, 0.15) is 16.9 Å². The number of H-pyrrole nitrogens is 1. The second-order valence-corrected chi connectivity index (χ2v) is 11.8. The summed E-state index contributed by atoms with van der Waals surface area (Å²) in [7, 11) is 3.67. The van der Waals surface area contributed by atoms with Crippen molar-refractivity contribution in [1.29, 1.82) is 0 Å². The Hall–Kier alpha value is -4.11. The summed E-state index contributed by atoms with van der Waals surface area (Å²) in [6, 6.07) is 12.4. The number of pyridine rings is 1. The molecule has 9 nitrogen and oxygen atoms in total. The molecule has 1 amide bonds. The maximum Gasteiger partial charge on any atom is 0.254 e. The minimum absolute atomic E-state index is 0.0133. The molecule has 2 aliphatic carbocycles. The van der Waals surface area contributed by atoms with Gasteiger partial charge in [-0.05, 0) is 73.9 Å². The minimum Gasteiger partial charge on any atom is -0.494 e. The number of hydrogen-bond acceptors (Lipinski definition) is 5. The number of benzene rings is 1. The number of likely N-dealkylation sites (tertiary alicyclic amines) is 1. The van der Waals surface area contributed by atoms with Crippen LogP contribution >= 0.6 is 0 Å². The summed E-state index contributed by atoms with van der Waals surface area (Å²) < 4.78 is 10.2. The highest BCUT2D eigenvalue weighted by atomic mass is 16.5. The first-order chi connectivity index (χ1) is 19.5. The van der Waals surface area contributed by atoms with Gasteiger partial charge in [0.2, 0.25) is 0 Å². The Labute approximate surface area is 231 Å². The van der Waals surface area contributed by atoms with Gasteiger partial charge < -0.3 is 29.5 Å². The molecule has 40 heavy (non-hydrogen) atoms. The van der Waals surface area contributed by atoms with Crippen LogP contribution in [-0.2, 0) is 13.6 Å². The van der Waals surface area contributed by atoms with Crippen molar-refractivity contribution in [2.24, 2.45) is 24.6 Å². The van der Waals surface area contributed by atoms with E-state index in [-0.39, 0.29) is 18.0 Å². The SMILES string of the molecule is COc1cc(C(=O)N2CC3CCC2[C@@H]3N)cc2nc(-c3cc4ccc(-c5cc[nH]c5)nc4n3CC3CC3)n(C)c12. The molecule has 3 aliphatic rings. The molecule has 8 rings (SSSR count). The lowest BCUT2D eigenvalue weighted by Crippen LogP contribution is -2.41. The van der Waals surface area contributed by atoms with Crippen molar-refractivity contribution in [2.75, 3.05) is 13.7 Å². The number of nitrogens with two attached hydrogens (primary N) is 1. The van der Waals surface area contributed by atoms with Gasteiger partial charge in [-0.1, -0.05) is 0 Å². The van der Waals surface area contributed by atoms with Crippen molar-refractivity contribution in [3.63, 3.8) is 0 Å². The molecule has 2 saturated carbocycles. The molecule has 5 aromatic rings. The third-order valence-electron chi connectivity index (χ3n) is 9.32. The summed E-state index contributed by atoms with van der Waals surface area (Å²) in [4.78, 5) is 28.9. The average molecular weight is 536 g/mol. The predicted octanol–water partition coefficient (Wildman–Crippen LogP) is 4.57. The molecule has 204 valence electrons. The first kappa shape index (κ1) is 23.7. The fourth-order valence-corrected chi connectivity index (χ4v) is 6.97. The van der Waals surface area contributed by atoms with Crippen molar-refractivity contribution in [2.45, 2.75) is 44.3 Å². The Morgan fingerprint density at radius 1 is 1.12 bits per heavy atom. The van der Waals surface area contributed by atoms with Gasteiger partial charge in [-0.15, -0.1) is 0 Å². The van der Waals surface area contributed by atoms with Crippen LogP contribution in [0, 0.1) is 11.8 Å². The van der Waals surface area contributed by atoms with Crippen molar-refractivity contribution < 1.29 is 9.53 Å². The molecule has 9 heteroatoms. The minimum atomic E-state index is 0.0133. The van der Waals surface area contributed by atoms with E-state index in [1.165, 1.54) is 12.8 Å². The number of piperidine rings is 1. The van der Waals surface area contributed by atoms with E-state index in [9.17, 15) is 4.79 Å². The van der Waals surface area contributed by atoms with E-state index < -0.39 is 0 Å². The molecule has 2 bridgehead atoms. The van der Waals surface area contributed by atoms with Crippen molar-refractivity contribution in [3.05, 3.63) is 54.4 Å². The van der Waals surface area contributed by atoms with E-state index in [1.807, 2.05) is 42.5 Å². The fourth-order valence-electron chi connectivity index (χ4n) is 6.97. The second kappa shape index (κ2) is 8.69. The van der Waals surface area contributed by atoms with Gasteiger partial charge in [-0.2, -0.15) is 0 Å². The summed E-state index contributed by atoms with van der Waals surface area (Å²) >= 11 is 0. The lowest BCUT2D eigenvalue weighted by Gasteiger charge is -2.27. The van der Waals surface area contributed by atoms with Gasteiger partial charge >= 0.3 is 0 Å². The largest absolute Gasteiger partial charge is 0.494 e. The van der Waals surface area contributed by atoms with Gasteiger partial charge in [-0.25, -0.2) is 9.97 Å². The highest BCUT2D eigenvalue weighted by Crippen LogP contribution is 2.40. The number of imidazole rings is 1. The maximum atomic E-state index is 13.7. The van der Waals surface area contributed by atoms with Gasteiger partial charge in [0, 0.05) is 61.1 Å². The summed E-state index contributed by atoms with van der Waals surface area (Å²) in [6.07, 6.45) is 8.46. The number of carbonyl (C=O) groups is 1. The first-order valence-corrected chi connectivity index (χ1v) is 14.2. The molecule has 0 radical (unpaired) electrons. The zero-order valence-electron chi connectivity index (χ0n) is 22.8. The van der Waals surface area contributed by atoms with Crippen LogP contribution in [0.1, 0.15) is 36.0 Å². The van der Waals surface area contributed by atoms with E-state index in [1.54, 1.807) is 7.11 Å². The third kappa shape index (κ3) is 3.53. The van der Waals surface area contributed by atoms with Crippen LogP contribution in [0.5, 0.6) is 5.75 Å². The summed E-state index contributed by atoms with van der Waals surface area (Å²) in [6.45, 7) is 1.64. The monoisotopic (exact) mass is 535 g/mol. The molecular formula is C31H33N7O2. The zero-order chi connectivity index (χ0) is 27.1. The van der Waals surface area contributed by atoms with Crippen LogP contribution in [0.2, 0.25) is 0 Å². The van der Waals surface area contributed by atoms with Crippen LogP contribution in [0.3, 0.4) is 0 Å². The van der Waals surface area contributed by atoms with E-state index in [0.29, 0.717) is 23.1 Å². The number of aromatic amines is 1. The number of nitrogens with zero attached hydrogens (tertiary/aromatic N) is 5. The molecule has 3 atom stereocenters. The quantitative estimate of drug-likeness (QED) is 0.331. The normalized spacial score (nSPS) is 22.2. The second-order valence-electron chi connectivity index (χ2n) is 11.8. The average Bonchev–Trinajstić information content (AvgIpc) is 3.34. The van der Waals surface area contributed by atoms with Crippen LogP contribution in [-0.4, -0.2) is 60.6 Å². The van der Waals surface area contributed by atoms with Crippen molar-refractivity contribution >= 4 is 28.0 Å². The number of ether oxygens (including phenoxy) is 1. The number of aryl methyl sites for hydroxylation is 1. The van der Waals surface area contributed by atoms with Crippen LogP contribution in [0.15, 0.2) is 48.8 Å². The van der Waals surface area contributed by atoms with E-state index in [4.69, 9.17) is 20.4 Å². The molecular weight excluding hydrogens is 502 g/mol. The molecule has 1 aliphatic heterocycles. The molecule has 0 spiro atoms. The highest BCUT2D eigenvalue weighted by molar-refractivity contribution is 6.00. The molecule has 3 fully saturated rings. The van der Waals surface area contributed by atoms with E-state index in [2.05, 4.69) is 32.3 Å². The fraction of sp³-hybridized carbons (Fsp3) is 0.387. The molecule has 4 aromatic heterocycles. The first-order valence-electron chi connectivity index (χ1n) is 14.2. The Morgan fingerprint density at radius 3 is 2.70 bits per heavy atom. The Kier molecular flexibility index (Phi) is 5.16. The smallest absolute Gasteiger partial charge is 0.254 e. The standard InChI is InChI=1S/C31H33N7O2/c1-36-28-23(11-21(13-26(28)40-2)31(39)38-16-20-6-8-24(38)27(20)32)35-30(36)25-12-18-5-7-22(19-9-10-33-14-19)34-29(18)37(25)15-17-3-4-17/h5,7,9-14,17,20,24,27,33H,3-4,6,8,15-16,32H2,1-2H3/t20?,24?,27-/m1/s1. The number of carbonyl (C=O) groups excluding carboxylic acids is 1. The number of rotatable bonds is 6. The summed E-state index contributed by atoms with van der Waals surface area (Å²) in [5.41, 5.74) is 12.6. The maximum absolute atomic E-state index is 13.7. The molecule has 3 N–H and O–H groups in total. The number of hydrogen-bond donors (Lipinski definition) is 2. The number of methoxy groups -OCH3 is 1. The number of nitrogens with one attached hydrogen (secondary N) is 1. The Morgan fingerprint density at radius 2 is 2.00 bits per heavy atom. The lowest BCUT2D eigenvalue weighted by atomic mass is 10.1. The summed E-state index contributed by atoms with van der Waals surface area (Å²) in [5, 5.41) is 1.09. The molecule has 1 saturated heterocycles. The van der Waals surface area contributed by atoms with Crippen LogP contribution in [0.4, 0.5) is 0 Å². The van der Waals surface area contributed by atoms with Crippen molar-refractivity contribution in [3.8, 4) is 28.5 Å².